The highest BCUT2D eigenvalue weighted by Gasteiger charge is 2.40. The molecule has 2 heterocycles. The van der Waals surface area contributed by atoms with Crippen molar-refractivity contribution < 1.29 is 106 Å². The first-order valence-corrected chi connectivity index (χ1v) is 46.2. The minimum atomic E-state index is -1.82. The van der Waals surface area contributed by atoms with E-state index in [1.807, 2.05) is 13.8 Å². The summed E-state index contributed by atoms with van der Waals surface area (Å²) in [7, 11) is 0. The molecule has 32 N–H and O–H groups in total. The van der Waals surface area contributed by atoms with E-state index in [0.29, 0.717) is 18.4 Å². The van der Waals surface area contributed by atoms with Gasteiger partial charge >= 0.3 is 0 Å². The number of guanidine groups is 1. The van der Waals surface area contributed by atoms with E-state index in [4.69, 9.17) is 28.7 Å². The Labute approximate surface area is 807 Å². The minimum absolute atomic E-state index is 0.00908. The van der Waals surface area contributed by atoms with Gasteiger partial charge in [0.2, 0.25) is 118 Å². The Kier molecular flexibility index (Phi) is 51.4. The summed E-state index contributed by atoms with van der Waals surface area (Å²) in [5.74, 6) is -20.0. The highest BCUT2D eigenvalue weighted by atomic mass is 16.3. The Morgan fingerprint density at radius 1 is 0.367 bits per heavy atom. The molecule has 20 amide bonds. The molecular formula is C89H146N28O22. The molecule has 3 rings (SSSR count). The number of aromatic nitrogens is 4. The van der Waals surface area contributed by atoms with Crippen molar-refractivity contribution in [1.82, 2.24) is 116 Å². The van der Waals surface area contributed by atoms with Gasteiger partial charge in [0.25, 0.3) is 0 Å². The summed E-state index contributed by atoms with van der Waals surface area (Å²) in [4.78, 5) is 291. The molecular weight excluding hydrogens is 1810 g/mol. The van der Waals surface area contributed by atoms with Crippen molar-refractivity contribution in [2.75, 3.05) is 26.2 Å². The topological polar surface area (TPSA) is 798 Å². The number of aliphatic hydroxyl groups excluding tert-OH is 1. The fraction of sp³-hybridized carbons (Fsp3) is 0.629. The molecule has 0 aliphatic heterocycles. The second-order valence-corrected chi connectivity index (χ2v) is 36.6. The van der Waals surface area contributed by atoms with E-state index in [1.54, 1.807) is 69.2 Å². The summed E-state index contributed by atoms with van der Waals surface area (Å²) in [5.41, 5.74) is 28.9. The number of carbonyl (C=O) groups is 20. The van der Waals surface area contributed by atoms with E-state index in [0.717, 1.165) is 0 Å². The first kappa shape index (κ1) is 119. The Hall–Kier alpha value is -14.0. The van der Waals surface area contributed by atoms with E-state index >= 15 is 0 Å². The molecule has 774 valence electrons. The van der Waals surface area contributed by atoms with Crippen LogP contribution in [0.15, 0.2) is 54.3 Å². The van der Waals surface area contributed by atoms with Crippen LogP contribution in [0.25, 0.3) is 0 Å². The van der Waals surface area contributed by atoms with Crippen LogP contribution in [0.1, 0.15) is 192 Å². The highest BCUT2D eigenvalue weighted by Crippen LogP contribution is 2.18. The zero-order valence-corrected chi connectivity index (χ0v) is 82.0. The maximum absolute atomic E-state index is 14.4. The molecule has 0 radical (unpaired) electrons. The zero-order valence-electron chi connectivity index (χ0n) is 82.0. The Morgan fingerprint density at radius 3 is 1.12 bits per heavy atom. The average Bonchev–Trinajstić information content (AvgIpc) is 1.15. The van der Waals surface area contributed by atoms with Crippen LogP contribution in [0, 0.1) is 35.5 Å². The number of hydrogen-bond acceptors (Lipinski definition) is 26. The Bertz CT molecular complexity index is 4640. The number of hydrogen-bond donors (Lipinski definition) is 27. The van der Waals surface area contributed by atoms with Crippen molar-refractivity contribution >= 4 is 124 Å². The van der Waals surface area contributed by atoms with E-state index in [2.05, 4.69) is 121 Å². The lowest BCUT2D eigenvalue weighted by Gasteiger charge is -2.29. The molecule has 0 unspecified atom stereocenters. The van der Waals surface area contributed by atoms with Crippen LogP contribution in [0.4, 0.5) is 0 Å². The van der Waals surface area contributed by atoms with Crippen molar-refractivity contribution in [1.29, 1.82) is 0 Å². The van der Waals surface area contributed by atoms with Gasteiger partial charge in [-0.25, -0.2) is 9.97 Å². The van der Waals surface area contributed by atoms with Gasteiger partial charge in [-0.1, -0.05) is 102 Å². The molecule has 0 fully saturated rings. The van der Waals surface area contributed by atoms with Crippen LogP contribution in [-0.4, -0.2) is 283 Å². The van der Waals surface area contributed by atoms with Gasteiger partial charge in [-0.3, -0.25) is 101 Å². The van der Waals surface area contributed by atoms with Crippen molar-refractivity contribution in [2.45, 2.75) is 298 Å². The third-order valence-electron chi connectivity index (χ3n) is 21.5. The van der Waals surface area contributed by atoms with Gasteiger partial charge in [-0.2, -0.15) is 0 Å². The molecule has 2 aromatic heterocycles. The average molecular weight is 1960 g/mol. The highest BCUT2D eigenvalue weighted by molar-refractivity contribution is 6.02. The maximum atomic E-state index is 14.4. The van der Waals surface area contributed by atoms with Crippen LogP contribution in [0.3, 0.4) is 0 Å². The van der Waals surface area contributed by atoms with Crippen LogP contribution >= 0.6 is 0 Å². The molecule has 3 aromatic rings. The number of nitrogens with zero attached hydrogens (tertiary/aromatic N) is 3. The number of phenols is 1. The number of primary amides is 2. The number of phenolic OH excluding ortho intramolecular Hbond substituents is 1. The van der Waals surface area contributed by atoms with Crippen LogP contribution < -0.4 is 124 Å². The zero-order chi connectivity index (χ0) is 105. The molecule has 139 heavy (non-hydrogen) atoms. The Balaban J connectivity index is 1.68. The number of amides is 20. The number of carbonyl (C=O) groups excluding carboxylic acids is 20. The molecule has 18 atom stereocenters. The van der Waals surface area contributed by atoms with E-state index in [-0.39, 0.29) is 117 Å². The van der Waals surface area contributed by atoms with Crippen molar-refractivity contribution in [3.8, 4) is 5.75 Å². The van der Waals surface area contributed by atoms with Crippen molar-refractivity contribution in [3.63, 3.8) is 0 Å². The number of benzene rings is 1. The van der Waals surface area contributed by atoms with Gasteiger partial charge in [0.1, 0.15) is 96.4 Å². The minimum Gasteiger partial charge on any atom is -0.508 e. The summed E-state index contributed by atoms with van der Waals surface area (Å²) < 4.78 is 0. The quantitative estimate of drug-likeness (QED) is 0.0142. The number of aromatic hydroxyl groups is 1. The first-order chi connectivity index (χ1) is 65.1. The third kappa shape index (κ3) is 45.3. The molecule has 0 aliphatic carbocycles. The second kappa shape index (κ2) is 59.9. The number of nitrogens with one attached hydrogen (secondary N) is 20. The van der Waals surface area contributed by atoms with E-state index < -0.39 is 253 Å². The predicted molar refractivity (Wildman–Crippen MR) is 506 cm³/mol. The third-order valence-corrected chi connectivity index (χ3v) is 21.5. The lowest BCUT2D eigenvalue weighted by molar-refractivity contribution is -0.136. The summed E-state index contributed by atoms with van der Waals surface area (Å²) >= 11 is 0. The molecule has 0 spiro atoms. The van der Waals surface area contributed by atoms with Gasteiger partial charge in [-0.15, -0.1) is 0 Å². The molecule has 0 saturated carbocycles. The predicted octanol–water partition coefficient (Wildman–Crippen LogP) is -7.03. The molecule has 50 nitrogen and oxygen atoms in total. The lowest BCUT2D eigenvalue weighted by Crippen LogP contribution is -2.61. The summed E-state index contributed by atoms with van der Waals surface area (Å²) in [5, 5.41) is 65.5. The van der Waals surface area contributed by atoms with E-state index in [9.17, 15) is 106 Å². The van der Waals surface area contributed by atoms with Gasteiger partial charge in [0.15, 0.2) is 5.96 Å². The van der Waals surface area contributed by atoms with Gasteiger partial charge in [0.05, 0.1) is 62.2 Å². The second-order valence-electron chi connectivity index (χ2n) is 36.6. The Morgan fingerprint density at radius 2 is 0.705 bits per heavy atom. The summed E-state index contributed by atoms with van der Waals surface area (Å²) in [6.45, 7) is 25.2. The van der Waals surface area contributed by atoms with Crippen molar-refractivity contribution in [3.05, 3.63) is 66.3 Å². The number of rotatable bonds is 62. The van der Waals surface area contributed by atoms with Gasteiger partial charge < -0.3 is 145 Å². The molecule has 0 bridgehead atoms. The van der Waals surface area contributed by atoms with Gasteiger partial charge in [-0.05, 0) is 133 Å². The standard InChI is InChI=1S/C89H146N28O22/c1-18-47(12)71(87(138)115-62(30-46(10)11)86(137)117-72(52(17)118)88(139)108-58(73(92)124)26-42(2)3)116-70(123)39-99-75(126)49(14)104-76(127)50(15)105-81(132)65(33-55-36-96-41-102-55)114-85(136)66(34-67(91)120)107-69(122)38-98-74(125)48(13)103-68(121)37-100-79(130)64(32-54-35-95-40-101-54)113-84(135)61(29-45(8)9)111-82(133)59(27-43(4)5)109-77(128)51(16)106-80(131)63(31-53-21-23-56(119)24-22-53)112-83(134)60(28-44(6)7)110-78(129)57(90)20-19-25-97-89(93)94/h21-24,35-36,40-52,57-66,71-72,118-119H,18-20,25-34,37-39,90H2,1-17H3,(H2,91,120)(H2,92,124)(H,95,101)(H,96,102)(H,98,125)(H,99,126)(H,100,130)(H,103,121)(H,104,127)(H,105,132)(H,106,131)(H,107,122)(H,108,139)(H,109,128)(H,110,129)(H,111,133)(H,112,134)(H,113,135)(H,114,136)(H,115,138)(H,116,123)(H,117,137)(H4,93,94,97)/t47-,48-,49-,50-,51-,52+,57-,58-,59-,60-,61-,62-,63-,64-,65-,66-,71-,72-/m0/s1. The van der Waals surface area contributed by atoms with Crippen LogP contribution in [0.2, 0.25) is 0 Å². The first-order valence-electron chi connectivity index (χ1n) is 46.2. The fourth-order valence-corrected chi connectivity index (χ4v) is 13.8. The normalized spacial score (nSPS) is 15.1. The summed E-state index contributed by atoms with van der Waals surface area (Å²) in [6.07, 6.45) is 3.41. The van der Waals surface area contributed by atoms with Crippen LogP contribution in [-0.2, 0) is 115 Å². The van der Waals surface area contributed by atoms with Crippen LogP contribution in [0.5, 0.6) is 5.75 Å². The number of aliphatic imine (C=N–C) groups is 1. The monoisotopic (exact) mass is 1960 g/mol. The summed E-state index contributed by atoms with van der Waals surface area (Å²) in [6, 6.07) is -16.4. The number of imidazole rings is 2. The number of aliphatic hydroxyl groups is 1. The SMILES string of the molecule is CC[C@H](C)[C@H](NC(=O)CNC(=O)[C@H](C)NC(=O)[C@H](C)NC(=O)[C@H](Cc1c[nH]cn1)NC(=O)[C@H](CC(N)=O)NC(=O)CNC(=O)[C@H](C)NC(=O)CNC(=O)[C@H](Cc1c[nH]cn1)NC(=O)[C@H](CC(C)C)NC(=O)[C@H](CC(C)C)NC(=O)[C@H](C)NC(=O)[C@H](Cc1ccc(O)cc1)NC(=O)[C@H](CC(C)C)NC(=O)[C@@H](N)CCCN=C(N)N)C(=O)N[C@@H](CC(C)C)C(=O)N[C@H](C(=O)N[C@@H](CC(C)C)C(N)=O)[C@@H](C)O. The maximum Gasteiger partial charge on any atom is 0.245 e. The van der Waals surface area contributed by atoms with Gasteiger partial charge in [0, 0.05) is 38.2 Å². The molecule has 0 aliphatic rings. The van der Waals surface area contributed by atoms with E-state index in [1.165, 1.54) is 83.9 Å². The fourth-order valence-electron chi connectivity index (χ4n) is 13.8. The molecule has 50 heteroatoms. The van der Waals surface area contributed by atoms with Crippen molar-refractivity contribution in [2.24, 2.45) is 69.2 Å². The number of H-pyrrole nitrogens is 2. The number of aromatic amines is 2. The largest absolute Gasteiger partial charge is 0.508 e. The smallest absolute Gasteiger partial charge is 0.245 e. The number of nitrogens with two attached hydrogens (primary N) is 5. The lowest BCUT2D eigenvalue weighted by atomic mass is 9.96. The molecule has 0 saturated heterocycles. The molecule has 1 aromatic carbocycles.